The number of unbranched alkanes of at least 4 members (excludes halogenated alkanes) is 1. The van der Waals surface area contributed by atoms with Crippen LogP contribution in [0.25, 0.3) is 0 Å². The lowest BCUT2D eigenvalue weighted by Gasteiger charge is -2.13. The molecule has 10 heteroatoms. The molecule has 0 bridgehead atoms. The number of hydrogen-bond acceptors (Lipinski definition) is 3. The fourth-order valence-electron chi connectivity index (χ4n) is 2.37. The first kappa shape index (κ1) is 25.2. The second-order valence-corrected chi connectivity index (χ2v) is 9.67. The standard InChI is InChI=1S/C20H18Br2Cl2F3NO2/c21-18(22)7-10-29-15-11-16(23)19(17(24)12-15)30-9-2-1-8-28-14-5-3-13(4-6-14)20(25,26)27/h3-7,11-12,28H,1-2,8-10H2. The molecule has 0 spiro atoms. The van der Waals surface area contributed by atoms with Gasteiger partial charge in [-0.05, 0) is 75.0 Å². The average molecular weight is 592 g/mol. The molecule has 0 aliphatic heterocycles. The highest BCUT2D eigenvalue weighted by atomic mass is 79.9. The minimum atomic E-state index is -4.33. The molecule has 1 N–H and O–H groups in total. The number of anilines is 1. The van der Waals surface area contributed by atoms with E-state index in [0.29, 0.717) is 53.4 Å². The molecule has 0 fully saturated rings. The van der Waals surface area contributed by atoms with Gasteiger partial charge in [-0.3, -0.25) is 0 Å². The third-order valence-corrected chi connectivity index (χ3v) is 5.03. The van der Waals surface area contributed by atoms with E-state index in [1.165, 1.54) is 12.1 Å². The molecule has 2 aromatic carbocycles. The van der Waals surface area contributed by atoms with Gasteiger partial charge in [-0.25, -0.2) is 0 Å². The highest BCUT2D eigenvalue weighted by Crippen LogP contribution is 2.37. The SMILES string of the molecule is FC(F)(F)c1ccc(NCCCCOc2c(Cl)cc(OCC=C(Br)Br)cc2Cl)cc1. The van der Waals surface area contributed by atoms with Crippen molar-refractivity contribution >= 4 is 60.7 Å². The molecule has 164 valence electrons. The van der Waals surface area contributed by atoms with Gasteiger partial charge in [0.05, 0.1) is 25.6 Å². The molecule has 0 amide bonds. The first-order valence-electron chi connectivity index (χ1n) is 8.84. The van der Waals surface area contributed by atoms with Crippen molar-refractivity contribution in [3.8, 4) is 11.5 Å². The van der Waals surface area contributed by atoms with Gasteiger partial charge in [0.25, 0.3) is 0 Å². The second kappa shape index (κ2) is 12.1. The van der Waals surface area contributed by atoms with Crippen molar-refractivity contribution in [2.75, 3.05) is 25.1 Å². The van der Waals surface area contributed by atoms with E-state index >= 15 is 0 Å². The Bertz CT molecular complexity index is 835. The highest BCUT2D eigenvalue weighted by Gasteiger charge is 2.29. The summed E-state index contributed by atoms with van der Waals surface area (Å²) in [6.45, 7) is 1.33. The van der Waals surface area contributed by atoms with Crippen molar-refractivity contribution < 1.29 is 22.6 Å². The van der Waals surface area contributed by atoms with Gasteiger partial charge in [0, 0.05) is 24.4 Å². The Morgan fingerprint density at radius 3 is 2.20 bits per heavy atom. The van der Waals surface area contributed by atoms with Crippen LogP contribution in [0.1, 0.15) is 18.4 Å². The molecule has 0 radical (unpaired) electrons. The lowest BCUT2D eigenvalue weighted by molar-refractivity contribution is -0.137. The van der Waals surface area contributed by atoms with Crippen LogP contribution in [0.15, 0.2) is 45.9 Å². The molecule has 3 nitrogen and oxygen atoms in total. The zero-order chi connectivity index (χ0) is 22.1. The van der Waals surface area contributed by atoms with Gasteiger partial charge in [-0.15, -0.1) is 0 Å². The quantitative estimate of drug-likeness (QED) is 0.282. The van der Waals surface area contributed by atoms with Gasteiger partial charge in [0.15, 0.2) is 5.75 Å². The maximum absolute atomic E-state index is 12.5. The Kier molecular flexibility index (Phi) is 10.1. The van der Waals surface area contributed by atoms with E-state index in [2.05, 4.69) is 37.2 Å². The van der Waals surface area contributed by atoms with Gasteiger partial charge in [0.1, 0.15) is 12.4 Å². The van der Waals surface area contributed by atoms with Crippen LogP contribution < -0.4 is 14.8 Å². The highest BCUT2D eigenvalue weighted by molar-refractivity contribution is 9.28. The van der Waals surface area contributed by atoms with Crippen LogP contribution in [-0.4, -0.2) is 19.8 Å². The summed E-state index contributed by atoms with van der Waals surface area (Å²) >= 11 is 18.9. The maximum atomic E-state index is 12.5. The fraction of sp³-hybridized carbons (Fsp3) is 0.300. The predicted octanol–water partition coefficient (Wildman–Crippen LogP) is 8.29. The number of ether oxygens (including phenoxy) is 2. The molecule has 0 saturated carbocycles. The largest absolute Gasteiger partial charge is 0.490 e. The predicted molar refractivity (Wildman–Crippen MR) is 123 cm³/mol. The average Bonchev–Trinajstić information content (AvgIpc) is 2.65. The van der Waals surface area contributed by atoms with Crippen LogP contribution in [-0.2, 0) is 6.18 Å². The Balaban J connectivity index is 1.73. The van der Waals surface area contributed by atoms with Crippen molar-refractivity contribution in [3.63, 3.8) is 0 Å². The summed E-state index contributed by atoms with van der Waals surface area (Å²) in [5, 5.41) is 3.78. The molecule has 0 aromatic heterocycles. The lowest BCUT2D eigenvalue weighted by Crippen LogP contribution is -2.07. The molecular formula is C20H18Br2Cl2F3NO2. The van der Waals surface area contributed by atoms with Crippen LogP contribution in [0, 0.1) is 0 Å². The first-order valence-corrected chi connectivity index (χ1v) is 11.2. The van der Waals surface area contributed by atoms with E-state index in [4.69, 9.17) is 32.7 Å². The Labute approximate surface area is 199 Å². The second-order valence-electron chi connectivity index (χ2n) is 6.08. The molecule has 0 atom stereocenters. The van der Waals surface area contributed by atoms with E-state index in [-0.39, 0.29) is 0 Å². The fourth-order valence-corrected chi connectivity index (χ4v) is 3.21. The van der Waals surface area contributed by atoms with Gasteiger partial charge < -0.3 is 14.8 Å². The number of nitrogens with one attached hydrogen (secondary N) is 1. The monoisotopic (exact) mass is 589 g/mol. The summed E-state index contributed by atoms with van der Waals surface area (Å²) in [5.41, 5.74) is -0.0357. The van der Waals surface area contributed by atoms with E-state index < -0.39 is 11.7 Å². The van der Waals surface area contributed by atoms with Crippen LogP contribution in [0.3, 0.4) is 0 Å². The molecule has 0 saturated heterocycles. The van der Waals surface area contributed by atoms with Gasteiger partial charge in [-0.1, -0.05) is 23.2 Å². The molecule has 0 heterocycles. The Hall–Kier alpha value is -1.09. The summed E-state index contributed by atoms with van der Waals surface area (Å²) in [4.78, 5) is 0. The minimum absolute atomic E-state index is 0.338. The van der Waals surface area contributed by atoms with Gasteiger partial charge >= 0.3 is 6.18 Å². The van der Waals surface area contributed by atoms with Gasteiger partial charge in [0.2, 0.25) is 0 Å². The summed E-state index contributed by atoms with van der Waals surface area (Å²) in [5.74, 6) is 0.911. The molecule has 0 aliphatic carbocycles. The van der Waals surface area contributed by atoms with Gasteiger partial charge in [-0.2, -0.15) is 13.2 Å². The lowest BCUT2D eigenvalue weighted by atomic mass is 10.2. The molecule has 2 rings (SSSR count). The van der Waals surface area contributed by atoms with E-state index in [9.17, 15) is 13.2 Å². The molecule has 0 aliphatic rings. The topological polar surface area (TPSA) is 30.5 Å². The zero-order valence-corrected chi connectivity index (χ0v) is 20.2. The molecular weight excluding hydrogens is 574 g/mol. The molecule has 30 heavy (non-hydrogen) atoms. The van der Waals surface area contributed by atoms with Crippen LogP contribution in [0.5, 0.6) is 11.5 Å². The van der Waals surface area contributed by atoms with Crippen molar-refractivity contribution in [2.24, 2.45) is 0 Å². The Morgan fingerprint density at radius 2 is 1.63 bits per heavy atom. The number of alkyl halides is 3. The zero-order valence-electron chi connectivity index (χ0n) is 15.5. The van der Waals surface area contributed by atoms with Crippen molar-refractivity contribution in [1.82, 2.24) is 0 Å². The van der Waals surface area contributed by atoms with Crippen molar-refractivity contribution in [2.45, 2.75) is 19.0 Å². The number of rotatable bonds is 10. The third-order valence-electron chi connectivity index (χ3n) is 3.82. The normalized spacial score (nSPS) is 11.2. The number of hydrogen-bond donors (Lipinski definition) is 1. The third kappa shape index (κ3) is 8.57. The van der Waals surface area contributed by atoms with Crippen LogP contribution in [0.4, 0.5) is 18.9 Å². The van der Waals surface area contributed by atoms with Crippen LogP contribution in [0.2, 0.25) is 10.0 Å². The smallest absolute Gasteiger partial charge is 0.416 e. The Morgan fingerprint density at radius 1 is 1.00 bits per heavy atom. The van der Waals surface area contributed by atoms with E-state index in [1.54, 1.807) is 18.2 Å². The summed E-state index contributed by atoms with van der Waals surface area (Å²) in [6, 6.07) is 8.19. The van der Waals surface area contributed by atoms with E-state index in [1.807, 2.05) is 0 Å². The number of benzene rings is 2. The summed E-state index contributed by atoms with van der Waals surface area (Å²) < 4.78 is 49.6. The van der Waals surface area contributed by atoms with Crippen LogP contribution >= 0.6 is 55.1 Å². The van der Waals surface area contributed by atoms with Crippen molar-refractivity contribution in [3.05, 3.63) is 61.5 Å². The minimum Gasteiger partial charge on any atom is -0.490 e. The summed E-state index contributed by atoms with van der Waals surface area (Å²) in [6.07, 6.45) is -1.08. The van der Waals surface area contributed by atoms with E-state index in [0.717, 1.165) is 21.9 Å². The summed E-state index contributed by atoms with van der Waals surface area (Å²) in [7, 11) is 0. The maximum Gasteiger partial charge on any atom is 0.416 e. The molecule has 2 aromatic rings. The molecule has 0 unspecified atom stereocenters. The first-order chi connectivity index (χ1) is 14.2. The number of halogens is 7. The van der Waals surface area contributed by atoms with Crippen molar-refractivity contribution in [1.29, 1.82) is 0 Å².